The zero-order valence-corrected chi connectivity index (χ0v) is 51.1. The summed E-state index contributed by atoms with van der Waals surface area (Å²) in [5, 5.41) is 27.2. The van der Waals surface area contributed by atoms with Gasteiger partial charge in [-0.25, -0.2) is 15.0 Å². The standard InChI is InChI=1S/C57H71N23O10/c1-72(2)18-11-14-59-45(81)13-16-62-51(84)38-20-32(25-74(38)4)63-52(85)40-22-33(26-76(40)6)64-53(86)41-23-36(29-77(41)7)67-56(89)47-68-43(30-79(47)9)70-49(82)37(58)12-15-61-50(83)39-21-34(27-75(39)5)66-57(90)48-69-44(31-80(48)10)71-54(87)42-24-35(28-78(42)8)65-55(88)46-60-17-19-73(46)3/h17,19-31,37H,11-16,18,58H2,1-10H3,(H,59,81)(H,61,83)(H,62,84)(H,63,85)(H,64,86)(H,65,88)(H,66,90)(H,67,89)(H,70,82)(H,71,87). The lowest BCUT2D eigenvalue weighted by Gasteiger charge is -2.11. The smallest absolute Gasteiger partial charge is 0.291 e. The van der Waals surface area contributed by atoms with Crippen LogP contribution in [0, 0.1) is 0 Å². The Morgan fingerprint density at radius 2 is 0.811 bits per heavy atom. The zero-order chi connectivity index (χ0) is 65.2. The monoisotopic (exact) mass is 1240 g/mol. The highest BCUT2D eigenvalue weighted by Gasteiger charge is 2.25. The number of anilines is 7. The Labute approximate surface area is 514 Å². The molecule has 8 rings (SSSR count). The van der Waals surface area contributed by atoms with Gasteiger partial charge in [-0.3, -0.25) is 47.9 Å². The molecule has 0 bridgehead atoms. The first-order valence-corrected chi connectivity index (χ1v) is 28.0. The van der Waals surface area contributed by atoms with Gasteiger partial charge in [0.25, 0.3) is 47.3 Å². The van der Waals surface area contributed by atoms with E-state index in [4.69, 9.17) is 5.73 Å². The number of aromatic nitrogens is 11. The Morgan fingerprint density at radius 3 is 1.22 bits per heavy atom. The van der Waals surface area contributed by atoms with Gasteiger partial charge in [-0.05, 0) is 63.8 Å². The van der Waals surface area contributed by atoms with E-state index in [1.807, 2.05) is 19.0 Å². The van der Waals surface area contributed by atoms with Gasteiger partial charge in [0.1, 0.15) is 28.5 Å². The van der Waals surface area contributed by atoms with E-state index in [9.17, 15) is 47.9 Å². The van der Waals surface area contributed by atoms with Crippen LogP contribution in [0.5, 0.6) is 0 Å². The molecule has 474 valence electrons. The molecule has 0 aliphatic rings. The number of nitrogens with zero attached hydrogens (tertiary/aromatic N) is 12. The summed E-state index contributed by atoms with van der Waals surface area (Å²) in [7, 11) is 16.8. The van der Waals surface area contributed by atoms with Crippen molar-refractivity contribution in [2.45, 2.75) is 25.3 Å². The van der Waals surface area contributed by atoms with Crippen LogP contribution in [0.3, 0.4) is 0 Å². The van der Waals surface area contributed by atoms with E-state index < -0.39 is 59.2 Å². The molecule has 1 unspecified atom stereocenters. The lowest BCUT2D eigenvalue weighted by Crippen LogP contribution is -2.39. The maximum atomic E-state index is 13.5. The Hall–Kier alpha value is -11.4. The molecule has 0 aromatic carbocycles. The Balaban J connectivity index is 0.758. The van der Waals surface area contributed by atoms with E-state index in [1.54, 1.807) is 90.3 Å². The average molecular weight is 1240 g/mol. The third kappa shape index (κ3) is 16.0. The van der Waals surface area contributed by atoms with Crippen molar-refractivity contribution >= 4 is 99.1 Å². The highest BCUT2D eigenvalue weighted by atomic mass is 16.2. The SMILES string of the molecule is CN(C)CCCNC(=O)CCNC(=O)c1cc(NC(=O)c2cc(NC(=O)c3cc(NC(=O)c4nc(NC(=O)C(N)CCNC(=O)c5cc(NC(=O)c6nc(NC(=O)c7cc(NC(=O)c8nccn8C)cn7C)cn6C)cn5C)cn4C)cn3C)cn2C)cn1C. The van der Waals surface area contributed by atoms with Crippen LogP contribution >= 0.6 is 0 Å². The first-order chi connectivity index (χ1) is 42.7. The van der Waals surface area contributed by atoms with E-state index in [1.165, 1.54) is 88.7 Å². The number of rotatable bonds is 26. The molecule has 0 radical (unpaired) electrons. The largest absolute Gasteiger partial charge is 0.356 e. The molecule has 0 spiro atoms. The van der Waals surface area contributed by atoms with Crippen LogP contribution in [-0.4, -0.2) is 162 Å². The van der Waals surface area contributed by atoms with Gasteiger partial charge in [-0.1, -0.05) is 0 Å². The van der Waals surface area contributed by atoms with Crippen molar-refractivity contribution in [2.75, 3.05) is 77.5 Å². The van der Waals surface area contributed by atoms with Gasteiger partial charge >= 0.3 is 0 Å². The highest BCUT2D eigenvalue weighted by Crippen LogP contribution is 2.22. The summed E-state index contributed by atoms with van der Waals surface area (Å²) < 4.78 is 11.9. The highest BCUT2D eigenvalue weighted by molar-refractivity contribution is 6.10. The summed E-state index contributed by atoms with van der Waals surface area (Å²) in [5.74, 6) is -5.03. The molecule has 8 heterocycles. The van der Waals surface area contributed by atoms with Crippen molar-refractivity contribution < 1.29 is 47.9 Å². The van der Waals surface area contributed by atoms with Crippen LogP contribution < -0.4 is 58.9 Å². The number of hydrogen-bond donors (Lipinski definition) is 11. The van der Waals surface area contributed by atoms with E-state index in [0.29, 0.717) is 23.6 Å². The zero-order valence-electron chi connectivity index (χ0n) is 51.1. The summed E-state index contributed by atoms with van der Waals surface area (Å²) >= 11 is 0. The van der Waals surface area contributed by atoms with Crippen LogP contribution in [0.1, 0.15) is 104 Å². The third-order valence-electron chi connectivity index (χ3n) is 14.0. The molecule has 8 aromatic rings. The Bertz CT molecular complexity index is 4060. The predicted molar refractivity (Wildman–Crippen MR) is 331 cm³/mol. The molecule has 0 saturated carbocycles. The predicted octanol–water partition coefficient (Wildman–Crippen LogP) is 1.37. The van der Waals surface area contributed by atoms with E-state index >= 15 is 0 Å². The van der Waals surface area contributed by atoms with Gasteiger partial charge in [0.15, 0.2) is 17.5 Å². The molecule has 0 fully saturated rings. The minimum atomic E-state index is -1.12. The number of aryl methyl sites for hydroxylation is 8. The number of carbonyl (C=O) groups excluding carboxylic acids is 10. The maximum Gasteiger partial charge on any atom is 0.291 e. The molecule has 8 aromatic heterocycles. The molecule has 0 saturated heterocycles. The molecule has 12 N–H and O–H groups in total. The summed E-state index contributed by atoms with van der Waals surface area (Å²) in [6.45, 7) is 1.48. The number of imidazole rings is 3. The quantitative estimate of drug-likeness (QED) is 0.0341. The third-order valence-corrected chi connectivity index (χ3v) is 14.0. The van der Waals surface area contributed by atoms with Gasteiger partial charge in [-0.2, -0.15) is 0 Å². The fourth-order valence-electron chi connectivity index (χ4n) is 9.36. The van der Waals surface area contributed by atoms with Crippen molar-refractivity contribution in [3.05, 3.63) is 132 Å². The van der Waals surface area contributed by atoms with Crippen LogP contribution in [0.2, 0.25) is 0 Å². The van der Waals surface area contributed by atoms with Crippen molar-refractivity contribution in [3.8, 4) is 0 Å². The number of hydrogen-bond acceptors (Lipinski definition) is 15. The summed E-state index contributed by atoms with van der Waals surface area (Å²) in [6.07, 6.45) is 14.6. The van der Waals surface area contributed by atoms with Crippen LogP contribution in [0.15, 0.2) is 86.1 Å². The van der Waals surface area contributed by atoms with Gasteiger partial charge < -0.3 is 100 Å². The second kappa shape index (κ2) is 28.0. The van der Waals surface area contributed by atoms with Crippen LogP contribution in [-0.2, 0) is 66.0 Å². The normalized spacial score (nSPS) is 11.4. The second-order valence-corrected chi connectivity index (χ2v) is 21.5. The van der Waals surface area contributed by atoms with E-state index in [-0.39, 0.29) is 101 Å². The van der Waals surface area contributed by atoms with Crippen LogP contribution in [0.4, 0.5) is 40.1 Å². The van der Waals surface area contributed by atoms with Crippen molar-refractivity contribution in [2.24, 2.45) is 62.1 Å². The van der Waals surface area contributed by atoms with Gasteiger partial charge in [0.2, 0.25) is 23.5 Å². The molecule has 33 heteroatoms. The molecule has 10 amide bonds. The number of carbonyl (C=O) groups is 10. The summed E-state index contributed by atoms with van der Waals surface area (Å²) in [5.41, 5.74) is 8.67. The lowest BCUT2D eigenvalue weighted by atomic mass is 10.2. The average Bonchev–Trinajstić information content (AvgIpc) is 2.82. The van der Waals surface area contributed by atoms with Gasteiger partial charge in [0, 0.05) is 138 Å². The fourth-order valence-corrected chi connectivity index (χ4v) is 9.36. The van der Waals surface area contributed by atoms with Gasteiger partial charge in [0.05, 0.1) is 34.5 Å². The number of nitrogens with one attached hydrogen (secondary N) is 10. The molecule has 0 aliphatic heterocycles. The molecule has 1 atom stereocenters. The maximum absolute atomic E-state index is 13.5. The molecular weight excluding hydrogens is 1170 g/mol. The van der Waals surface area contributed by atoms with E-state index in [0.717, 1.165) is 13.0 Å². The number of nitrogens with two attached hydrogens (primary N) is 1. The molecule has 33 nitrogen and oxygen atoms in total. The topological polar surface area (TPSA) is 398 Å². The second-order valence-electron chi connectivity index (χ2n) is 21.5. The summed E-state index contributed by atoms with van der Waals surface area (Å²) in [4.78, 5) is 146. The Kier molecular flexibility index (Phi) is 20.1. The summed E-state index contributed by atoms with van der Waals surface area (Å²) in [6, 6.07) is 6.24. The van der Waals surface area contributed by atoms with Crippen molar-refractivity contribution in [1.82, 2.24) is 72.3 Å². The lowest BCUT2D eigenvalue weighted by molar-refractivity contribution is -0.121. The minimum absolute atomic E-state index is 0.00340. The fraction of sp³-hybridized carbons (Fsp3) is 0.316. The molecule has 0 aliphatic carbocycles. The van der Waals surface area contributed by atoms with Crippen molar-refractivity contribution in [3.63, 3.8) is 0 Å². The number of amides is 10. The van der Waals surface area contributed by atoms with Crippen molar-refractivity contribution in [1.29, 1.82) is 0 Å². The van der Waals surface area contributed by atoms with Crippen LogP contribution in [0.25, 0.3) is 0 Å². The van der Waals surface area contributed by atoms with Gasteiger partial charge in [-0.15, -0.1) is 0 Å². The first kappa shape index (κ1) is 64.6. The molecule has 90 heavy (non-hydrogen) atoms. The minimum Gasteiger partial charge on any atom is -0.356 e. The van der Waals surface area contributed by atoms with E-state index in [2.05, 4.69) is 68.1 Å². The first-order valence-electron chi connectivity index (χ1n) is 28.0. The molecular formula is C57H71N23O10. The Morgan fingerprint density at radius 1 is 0.433 bits per heavy atom.